The van der Waals surface area contributed by atoms with Crippen LogP contribution in [0.4, 0.5) is 11.4 Å². The average molecular weight is 382 g/mol. The van der Waals surface area contributed by atoms with Crippen molar-refractivity contribution < 1.29 is 9.53 Å². The Morgan fingerprint density at radius 1 is 1.11 bits per heavy atom. The highest BCUT2D eigenvalue weighted by atomic mass is 35.5. The number of ether oxygens (including phenoxy) is 1. The minimum absolute atomic E-state index is 0.227. The molecule has 0 aliphatic heterocycles. The third kappa shape index (κ3) is 4.77. The maximum Gasteiger partial charge on any atom is 0.270 e. The molecule has 0 atom stereocenters. The summed E-state index contributed by atoms with van der Waals surface area (Å²) in [6.07, 6.45) is 1.59. The third-order valence-corrected chi connectivity index (χ3v) is 4.43. The minimum atomic E-state index is -0.227. The lowest BCUT2D eigenvalue weighted by Crippen LogP contribution is -2.24. The number of carbonyl (C=O) groups is 1. The summed E-state index contributed by atoms with van der Waals surface area (Å²) >= 11 is 6.15. The molecule has 1 aromatic heterocycles. The van der Waals surface area contributed by atoms with E-state index >= 15 is 0 Å². The second-order valence-electron chi connectivity index (χ2n) is 6.01. The molecule has 27 heavy (non-hydrogen) atoms. The van der Waals surface area contributed by atoms with E-state index in [0.29, 0.717) is 23.0 Å². The zero-order chi connectivity index (χ0) is 19.2. The van der Waals surface area contributed by atoms with E-state index in [0.717, 1.165) is 22.5 Å². The van der Waals surface area contributed by atoms with Crippen molar-refractivity contribution in [3.63, 3.8) is 0 Å². The van der Waals surface area contributed by atoms with E-state index in [9.17, 15) is 4.79 Å². The van der Waals surface area contributed by atoms with Crippen LogP contribution in [0.1, 0.15) is 21.6 Å². The fourth-order valence-corrected chi connectivity index (χ4v) is 2.88. The highest BCUT2D eigenvalue weighted by Gasteiger charge is 2.09. The van der Waals surface area contributed by atoms with Crippen LogP contribution in [0.25, 0.3) is 0 Å². The molecule has 1 heterocycles. The molecular weight excluding hydrogens is 362 g/mol. The Bertz CT molecular complexity index is 960. The number of carbonyl (C=O) groups excluding carboxylic acids is 1. The Kier molecular flexibility index (Phi) is 5.94. The quantitative estimate of drug-likeness (QED) is 0.648. The van der Waals surface area contributed by atoms with Crippen molar-refractivity contribution in [3.8, 4) is 5.75 Å². The first-order valence-electron chi connectivity index (χ1n) is 8.46. The Morgan fingerprint density at radius 3 is 2.63 bits per heavy atom. The van der Waals surface area contributed by atoms with Gasteiger partial charge in [-0.15, -0.1) is 0 Å². The fourth-order valence-electron chi connectivity index (χ4n) is 2.62. The maximum atomic E-state index is 12.4. The topological polar surface area (TPSA) is 63.2 Å². The summed E-state index contributed by atoms with van der Waals surface area (Å²) in [5.74, 6) is 0.378. The first-order valence-corrected chi connectivity index (χ1v) is 8.84. The van der Waals surface area contributed by atoms with Crippen LogP contribution in [-0.4, -0.2) is 18.0 Å². The summed E-state index contributed by atoms with van der Waals surface area (Å²) < 4.78 is 5.15. The van der Waals surface area contributed by atoms with Gasteiger partial charge in [-0.2, -0.15) is 0 Å². The number of methoxy groups -OCH3 is 1. The second kappa shape index (κ2) is 8.56. The Hall–Kier alpha value is -3.05. The number of aryl methyl sites for hydroxylation is 1. The molecule has 0 aliphatic rings. The summed E-state index contributed by atoms with van der Waals surface area (Å²) in [6, 6.07) is 16.8. The Morgan fingerprint density at radius 2 is 1.89 bits per heavy atom. The molecular formula is C21H20ClN3O2. The van der Waals surface area contributed by atoms with Gasteiger partial charge in [0.25, 0.3) is 5.91 Å². The predicted octanol–water partition coefficient (Wildman–Crippen LogP) is 4.73. The van der Waals surface area contributed by atoms with E-state index in [1.165, 1.54) is 0 Å². The highest BCUT2D eigenvalue weighted by molar-refractivity contribution is 6.32. The van der Waals surface area contributed by atoms with Gasteiger partial charge in [0.2, 0.25) is 0 Å². The van der Waals surface area contributed by atoms with Crippen molar-refractivity contribution in [2.24, 2.45) is 0 Å². The van der Waals surface area contributed by atoms with Gasteiger partial charge in [0.1, 0.15) is 11.4 Å². The molecule has 0 saturated heterocycles. The Balaban J connectivity index is 1.68. The summed E-state index contributed by atoms with van der Waals surface area (Å²) in [7, 11) is 1.57. The number of rotatable bonds is 6. The largest absolute Gasteiger partial charge is 0.495 e. The number of nitrogens with zero attached hydrogens (tertiary/aromatic N) is 1. The number of aromatic nitrogens is 1. The van der Waals surface area contributed by atoms with E-state index in [1.807, 2.05) is 37.3 Å². The number of nitrogens with one attached hydrogen (secondary N) is 2. The molecule has 2 aromatic carbocycles. The van der Waals surface area contributed by atoms with Gasteiger partial charge in [-0.25, -0.2) is 0 Å². The van der Waals surface area contributed by atoms with Crippen molar-refractivity contribution in [3.05, 3.63) is 82.6 Å². The number of hydrogen-bond acceptors (Lipinski definition) is 4. The lowest BCUT2D eigenvalue weighted by Gasteiger charge is -2.11. The maximum absolute atomic E-state index is 12.4. The SMILES string of the molecule is COc1ccc(Nc2ccnc(C(=O)NCc3ccccc3C)c2)cc1Cl. The smallest absolute Gasteiger partial charge is 0.270 e. The van der Waals surface area contributed by atoms with Gasteiger partial charge in [-0.05, 0) is 48.4 Å². The monoisotopic (exact) mass is 381 g/mol. The molecule has 3 aromatic rings. The zero-order valence-corrected chi connectivity index (χ0v) is 15.9. The van der Waals surface area contributed by atoms with Crippen LogP contribution in [-0.2, 0) is 6.54 Å². The predicted molar refractivity (Wildman–Crippen MR) is 108 cm³/mol. The van der Waals surface area contributed by atoms with Gasteiger partial charge in [-0.1, -0.05) is 35.9 Å². The van der Waals surface area contributed by atoms with Crippen molar-refractivity contribution in [1.29, 1.82) is 0 Å². The van der Waals surface area contributed by atoms with Crippen LogP contribution in [0.15, 0.2) is 60.8 Å². The molecule has 0 aliphatic carbocycles. The number of halogens is 1. The summed E-state index contributed by atoms with van der Waals surface area (Å²) in [4.78, 5) is 16.6. The van der Waals surface area contributed by atoms with Crippen molar-refractivity contribution >= 4 is 28.9 Å². The fraction of sp³-hybridized carbons (Fsp3) is 0.143. The van der Waals surface area contributed by atoms with E-state index in [1.54, 1.807) is 37.6 Å². The standard InChI is InChI=1S/C21H20ClN3O2/c1-14-5-3-4-6-15(14)13-24-21(26)19-12-17(9-10-23-19)25-16-7-8-20(27-2)18(22)11-16/h3-12H,13H2,1-2H3,(H,23,25)(H,24,26). The first-order chi connectivity index (χ1) is 13.1. The van der Waals surface area contributed by atoms with Crippen LogP contribution < -0.4 is 15.4 Å². The summed E-state index contributed by atoms with van der Waals surface area (Å²) in [5.41, 5.74) is 4.09. The molecule has 138 valence electrons. The van der Waals surface area contributed by atoms with Crippen LogP contribution >= 0.6 is 11.6 Å². The molecule has 0 unspecified atom stereocenters. The normalized spacial score (nSPS) is 10.3. The highest BCUT2D eigenvalue weighted by Crippen LogP contribution is 2.28. The van der Waals surface area contributed by atoms with Crippen molar-refractivity contribution in [2.75, 3.05) is 12.4 Å². The van der Waals surface area contributed by atoms with E-state index in [2.05, 4.69) is 15.6 Å². The second-order valence-corrected chi connectivity index (χ2v) is 6.42. The molecule has 0 spiro atoms. The number of hydrogen-bond donors (Lipinski definition) is 2. The van der Waals surface area contributed by atoms with Gasteiger partial charge in [0, 0.05) is 24.1 Å². The molecule has 0 radical (unpaired) electrons. The van der Waals surface area contributed by atoms with Crippen molar-refractivity contribution in [2.45, 2.75) is 13.5 Å². The van der Waals surface area contributed by atoms with Gasteiger partial charge in [0.15, 0.2) is 0 Å². The van der Waals surface area contributed by atoms with Crippen LogP contribution in [0.3, 0.4) is 0 Å². The molecule has 3 rings (SSSR count). The van der Waals surface area contributed by atoms with Crippen molar-refractivity contribution in [1.82, 2.24) is 10.3 Å². The molecule has 5 nitrogen and oxygen atoms in total. The molecule has 6 heteroatoms. The zero-order valence-electron chi connectivity index (χ0n) is 15.1. The molecule has 1 amide bonds. The van der Waals surface area contributed by atoms with Gasteiger partial charge >= 0.3 is 0 Å². The lowest BCUT2D eigenvalue weighted by molar-refractivity contribution is 0.0946. The average Bonchev–Trinajstić information content (AvgIpc) is 2.67. The van der Waals surface area contributed by atoms with Gasteiger partial charge in [-0.3, -0.25) is 9.78 Å². The van der Waals surface area contributed by atoms with E-state index in [-0.39, 0.29) is 5.91 Å². The molecule has 0 fully saturated rings. The third-order valence-electron chi connectivity index (χ3n) is 4.13. The van der Waals surface area contributed by atoms with Gasteiger partial charge in [0.05, 0.1) is 12.1 Å². The molecule has 0 saturated carbocycles. The summed E-state index contributed by atoms with van der Waals surface area (Å²) in [6.45, 7) is 2.48. The molecule has 0 bridgehead atoms. The molecule has 2 N–H and O–H groups in total. The van der Waals surface area contributed by atoms with E-state index in [4.69, 9.17) is 16.3 Å². The lowest BCUT2D eigenvalue weighted by atomic mass is 10.1. The van der Waals surface area contributed by atoms with Gasteiger partial charge < -0.3 is 15.4 Å². The number of benzene rings is 2. The van der Waals surface area contributed by atoms with Crippen LogP contribution in [0.2, 0.25) is 5.02 Å². The first kappa shape index (κ1) is 18.7. The van der Waals surface area contributed by atoms with Crippen LogP contribution in [0.5, 0.6) is 5.75 Å². The number of amides is 1. The van der Waals surface area contributed by atoms with E-state index < -0.39 is 0 Å². The van der Waals surface area contributed by atoms with Crippen LogP contribution in [0, 0.1) is 6.92 Å². The Labute approximate surface area is 163 Å². The minimum Gasteiger partial charge on any atom is -0.495 e. The number of anilines is 2. The number of pyridine rings is 1. The summed E-state index contributed by atoms with van der Waals surface area (Å²) in [5, 5.41) is 6.63.